The molecule has 2 aromatic heterocycles. The van der Waals surface area contributed by atoms with Crippen molar-refractivity contribution < 1.29 is 9.90 Å². The largest absolute Gasteiger partial charge is 0.477 e. The lowest BCUT2D eigenvalue weighted by Gasteiger charge is -2.33. The molecule has 0 unspecified atom stereocenters. The van der Waals surface area contributed by atoms with Crippen LogP contribution in [0.4, 0.5) is 0 Å². The third-order valence-electron chi connectivity index (χ3n) is 3.91. The molecule has 3 rings (SSSR count). The minimum absolute atomic E-state index is 0.315. The molecular formula is C15H18N2O2S. The first kappa shape index (κ1) is 13.4. The molecule has 1 aliphatic rings. The van der Waals surface area contributed by atoms with Gasteiger partial charge in [-0.3, -0.25) is 4.90 Å². The van der Waals surface area contributed by atoms with Gasteiger partial charge in [0.05, 0.1) is 0 Å². The van der Waals surface area contributed by atoms with E-state index >= 15 is 0 Å². The first-order valence-corrected chi connectivity index (χ1v) is 7.77. The standard InChI is InChI=1S/C15H18N2O2S/c18-15(19)14-4-1-7-17(14)12-5-8-16(9-6-12)11-13-3-2-10-20-13/h1-4,7,10,12H,5-6,8-9,11H2,(H,18,19). The average Bonchev–Trinajstić information content (AvgIpc) is 3.10. The van der Waals surface area contributed by atoms with Crippen molar-refractivity contribution in [3.8, 4) is 0 Å². The number of aromatic carboxylic acids is 1. The molecule has 0 aromatic carbocycles. The summed E-state index contributed by atoms with van der Waals surface area (Å²) in [5.41, 5.74) is 0.404. The van der Waals surface area contributed by atoms with Crippen molar-refractivity contribution >= 4 is 17.3 Å². The summed E-state index contributed by atoms with van der Waals surface area (Å²) in [6.45, 7) is 3.07. The van der Waals surface area contributed by atoms with Crippen LogP contribution in [0, 0.1) is 0 Å². The molecule has 1 N–H and O–H groups in total. The Labute approximate surface area is 122 Å². The summed E-state index contributed by atoms with van der Waals surface area (Å²) >= 11 is 1.80. The minimum atomic E-state index is -0.837. The highest BCUT2D eigenvalue weighted by Gasteiger charge is 2.23. The number of piperidine rings is 1. The molecule has 1 saturated heterocycles. The first-order chi connectivity index (χ1) is 9.74. The van der Waals surface area contributed by atoms with Crippen LogP contribution < -0.4 is 0 Å². The molecule has 5 heteroatoms. The third kappa shape index (κ3) is 2.78. The number of thiophene rings is 1. The van der Waals surface area contributed by atoms with Crippen molar-refractivity contribution in [3.05, 3.63) is 46.4 Å². The highest BCUT2D eigenvalue weighted by molar-refractivity contribution is 7.09. The summed E-state index contributed by atoms with van der Waals surface area (Å²) in [4.78, 5) is 15.0. The molecule has 0 saturated carbocycles. The van der Waals surface area contributed by atoms with E-state index in [9.17, 15) is 9.90 Å². The molecule has 106 valence electrons. The highest BCUT2D eigenvalue weighted by Crippen LogP contribution is 2.26. The molecule has 0 bridgehead atoms. The van der Waals surface area contributed by atoms with Gasteiger partial charge in [0.2, 0.25) is 0 Å². The lowest BCUT2D eigenvalue weighted by atomic mass is 10.0. The van der Waals surface area contributed by atoms with Crippen LogP contribution in [0.15, 0.2) is 35.8 Å². The predicted molar refractivity (Wildman–Crippen MR) is 79.3 cm³/mol. The smallest absolute Gasteiger partial charge is 0.352 e. The van der Waals surface area contributed by atoms with Crippen LogP contribution in [-0.4, -0.2) is 33.6 Å². The Kier molecular flexibility index (Phi) is 3.89. The van der Waals surface area contributed by atoms with Crippen LogP contribution in [0.25, 0.3) is 0 Å². The molecule has 0 amide bonds. The molecule has 0 atom stereocenters. The molecular weight excluding hydrogens is 272 g/mol. The molecule has 4 nitrogen and oxygen atoms in total. The summed E-state index contributed by atoms with van der Waals surface area (Å²) in [5, 5.41) is 11.3. The van der Waals surface area contributed by atoms with Gasteiger partial charge in [-0.2, -0.15) is 0 Å². The summed E-state index contributed by atoms with van der Waals surface area (Å²) in [7, 11) is 0. The Morgan fingerprint density at radius 2 is 2.10 bits per heavy atom. The number of aromatic nitrogens is 1. The SMILES string of the molecule is O=C(O)c1cccn1C1CCN(Cc2cccs2)CC1. The molecule has 2 aromatic rings. The minimum Gasteiger partial charge on any atom is -0.477 e. The van der Waals surface area contributed by atoms with Crippen molar-refractivity contribution in [1.82, 2.24) is 9.47 Å². The Morgan fingerprint density at radius 3 is 2.75 bits per heavy atom. The Bertz CT molecular complexity index is 568. The van der Waals surface area contributed by atoms with E-state index in [0.717, 1.165) is 32.5 Å². The van der Waals surface area contributed by atoms with Crippen LogP contribution in [0.1, 0.15) is 34.2 Å². The van der Waals surface area contributed by atoms with Gasteiger partial charge in [0, 0.05) is 36.8 Å². The Hall–Kier alpha value is -1.59. The molecule has 0 spiro atoms. The van der Waals surface area contributed by atoms with Gasteiger partial charge in [-0.05, 0) is 36.4 Å². The molecule has 3 heterocycles. The van der Waals surface area contributed by atoms with Crippen LogP contribution in [0.3, 0.4) is 0 Å². The fourth-order valence-corrected chi connectivity index (χ4v) is 3.62. The summed E-state index contributed by atoms with van der Waals surface area (Å²) in [6.07, 6.45) is 3.92. The number of rotatable bonds is 4. The van der Waals surface area contributed by atoms with Gasteiger partial charge in [-0.25, -0.2) is 4.79 Å². The Morgan fingerprint density at radius 1 is 1.30 bits per heavy atom. The molecule has 1 fully saturated rings. The molecule has 0 aliphatic carbocycles. The van der Waals surface area contributed by atoms with E-state index in [1.54, 1.807) is 17.4 Å². The number of hydrogen-bond acceptors (Lipinski definition) is 3. The highest BCUT2D eigenvalue weighted by atomic mass is 32.1. The van der Waals surface area contributed by atoms with E-state index in [0.29, 0.717) is 11.7 Å². The van der Waals surface area contributed by atoms with Gasteiger partial charge >= 0.3 is 5.97 Å². The normalized spacial score (nSPS) is 17.4. The summed E-state index contributed by atoms with van der Waals surface area (Å²) in [6, 6.07) is 8.08. The van der Waals surface area contributed by atoms with E-state index in [2.05, 4.69) is 22.4 Å². The fourth-order valence-electron chi connectivity index (χ4n) is 2.87. The van der Waals surface area contributed by atoms with Gasteiger partial charge in [-0.1, -0.05) is 6.07 Å². The molecule has 20 heavy (non-hydrogen) atoms. The lowest BCUT2D eigenvalue weighted by Crippen LogP contribution is -2.34. The van der Waals surface area contributed by atoms with Crippen LogP contribution in [0.2, 0.25) is 0 Å². The molecule has 1 aliphatic heterocycles. The lowest BCUT2D eigenvalue weighted by molar-refractivity contribution is 0.0678. The van der Waals surface area contributed by atoms with Crippen molar-refractivity contribution in [1.29, 1.82) is 0 Å². The average molecular weight is 290 g/mol. The van der Waals surface area contributed by atoms with Crippen LogP contribution >= 0.6 is 11.3 Å². The van der Waals surface area contributed by atoms with Crippen LogP contribution in [0.5, 0.6) is 0 Å². The molecule has 0 radical (unpaired) electrons. The zero-order chi connectivity index (χ0) is 13.9. The first-order valence-electron chi connectivity index (χ1n) is 6.89. The van der Waals surface area contributed by atoms with E-state index in [-0.39, 0.29) is 0 Å². The quantitative estimate of drug-likeness (QED) is 0.941. The summed E-state index contributed by atoms with van der Waals surface area (Å²) in [5.74, 6) is -0.837. The van der Waals surface area contributed by atoms with Crippen molar-refractivity contribution in [3.63, 3.8) is 0 Å². The van der Waals surface area contributed by atoms with Gasteiger partial charge in [0.15, 0.2) is 0 Å². The van der Waals surface area contributed by atoms with Crippen molar-refractivity contribution in [2.75, 3.05) is 13.1 Å². The maximum absolute atomic E-state index is 11.2. The number of carboxylic acid groups (broad SMARTS) is 1. The van der Waals surface area contributed by atoms with Gasteiger partial charge in [-0.15, -0.1) is 11.3 Å². The second kappa shape index (κ2) is 5.81. The number of nitrogens with zero attached hydrogens (tertiary/aromatic N) is 2. The van der Waals surface area contributed by atoms with Crippen LogP contribution in [-0.2, 0) is 6.54 Å². The topological polar surface area (TPSA) is 45.5 Å². The third-order valence-corrected chi connectivity index (χ3v) is 4.77. The van der Waals surface area contributed by atoms with Crippen molar-refractivity contribution in [2.24, 2.45) is 0 Å². The number of likely N-dealkylation sites (tertiary alicyclic amines) is 1. The zero-order valence-electron chi connectivity index (χ0n) is 11.2. The monoisotopic (exact) mass is 290 g/mol. The van der Waals surface area contributed by atoms with Gasteiger partial charge in [0.25, 0.3) is 0 Å². The van der Waals surface area contributed by atoms with Gasteiger partial charge in [0.1, 0.15) is 5.69 Å². The van der Waals surface area contributed by atoms with E-state index in [4.69, 9.17) is 0 Å². The Balaban J connectivity index is 1.61. The van der Waals surface area contributed by atoms with E-state index < -0.39 is 5.97 Å². The predicted octanol–water partition coefficient (Wildman–Crippen LogP) is 3.08. The number of hydrogen-bond donors (Lipinski definition) is 1. The number of carbonyl (C=O) groups is 1. The van der Waals surface area contributed by atoms with Crippen molar-refractivity contribution in [2.45, 2.75) is 25.4 Å². The number of carboxylic acids is 1. The van der Waals surface area contributed by atoms with E-state index in [1.165, 1.54) is 4.88 Å². The fraction of sp³-hybridized carbons (Fsp3) is 0.400. The van der Waals surface area contributed by atoms with E-state index in [1.807, 2.05) is 16.8 Å². The maximum atomic E-state index is 11.2. The maximum Gasteiger partial charge on any atom is 0.352 e. The second-order valence-electron chi connectivity index (χ2n) is 5.19. The summed E-state index contributed by atoms with van der Waals surface area (Å²) < 4.78 is 1.92. The van der Waals surface area contributed by atoms with Gasteiger partial charge < -0.3 is 9.67 Å². The zero-order valence-corrected chi connectivity index (χ0v) is 12.1. The second-order valence-corrected chi connectivity index (χ2v) is 6.22.